The highest BCUT2D eigenvalue weighted by Crippen LogP contribution is 2.22. The van der Waals surface area contributed by atoms with E-state index >= 15 is 0 Å². The van der Waals surface area contributed by atoms with Gasteiger partial charge in [0, 0.05) is 12.0 Å². The fraction of sp³-hybridized carbons (Fsp3) is 0.235. The highest BCUT2D eigenvalue weighted by atomic mass is 16.5. The Hall–Kier alpha value is -2.49. The number of rotatable bonds is 5. The molecule has 0 spiro atoms. The molecule has 3 aromatic rings. The quantitative estimate of drug-likeness (QED) is 0.713. The van der Waals surface area contributed by atoms with Crippen LogP contribution in [0.25, 0.3) is 22.2 Å². The van der Waals surface area contributed by atoms with Gasteiger partial charge in [-0.15, -0.1) is 0 Å². The number of aromatic nitrogens is 2. The van der Waals surface area contributed by atoms with Crippen molar-refractivity contribution in [3.63, 3.8) is 0 Å². The molecule has 0 aliphatic carbocycles. The van der Waals surface area contributed by atoms with Gasteiger partial charge in [-0.05, 0) is 23.3 Å². The second kappa shape index (κ2) is 5.87. The van der Waals surface area contributed by atoms with E-state index in [1.165, 1.54) is 5.39 Å². The smallest absolute Gasteiger partial charge is 0.234 e. The highest BCUT2D eigenvalue weighted by molar-refractivity contribution is 5.86. The van der Waals surface area contributed by atoms with Crippen molar-refractivity contribution in [1.29, 1.82) is 0 Å². The van der Waals surface area contributed by atoms with Gasteiger partial charge in [0.15, 0.2) is 0 Å². The second-order valence-electron chi connectivity index (χ2n) is 5.04. The first kappa shape index (κ1) is 13.5. The summed E-state index contributed by atoms with van der Waals surface area (Å²) in [6.07, 6.45) is 1.60. The summed E-state index contributed by atoms with van der Waals surface area (Å²) >= 11 is 0. The predicted molar refractivity (Wildman–Crippen MR) is 80.9 cm³/mol. The summed E-state index contributed by atoms with van der Waals surface area (Å²) in [5.74, 6) is 1.04. The minimum atomic E-state index is 0.131. The van der Waals surface area contributed by atoms with Crippen molar-refractivity contribution in [2.75, 3.05) is 0 Å². The van der Waals surface area contributed by atoms with Crippen molar-refractivity contribution in [2.24, 2.45) is 0 Å². The molecule has 4 nitrogen and oxygen atoms in total. The van der Waals surface area contributed by atoms with Crippen LogP contribution >= 0.6 is 0 Å². The zero-order valence-electron chi connectivity index (χ0n) is 11.9. The average molecular weight is 280 g/mol. The summed E-state index contributed by atoms with van der Waals surface area (Å²) in [6.45, 7) is 1.98. The van der Waals surface area contributed by atoms with Gasteiger partial charge in [-0.1, -0.05) is 48.5 Å². The van der Waals surface area contributed by atoms with Crippen molar-refractivity contribution in [3.05, 3.63) is 48.4 Å². The Balaban J connectivity index is 1.85. The largest absolute Gasteiger partial charge is 0.339 e. The number of benzene rings is 2. The van der Waals surface area contributed by atoms with Gasteiger partial charge < -0.3 is 4.52 Å². The molecule has 2 aromatic carbocycles. The molecule has 0 N–H and O–H groups in total. The van der Waals surface area contributed by atoms with Crippen molar-refractivity contribution in [2.45, 2.75) is 26.2 Å². The van der Waals surface area contributed by atoms with E-state index in [-0.39, 0.29) is 12.2 Å². The molecule has 1 heterocycles. The van der Waals surface area contributed by atoms with Crippen molar-refractivity contribution >= 4 is 16.6 Å². The summed E-state index contributed by atoms with van der Waals surface area (Å²) in [4.78, 5) is 15.9. The van der Waals surface area contributed by atoms with Crippen LogP contribution in [0.15, 0.2) is 47.0 Å². The number of Topliss-reactive ketones (excluding diaryl/α,β-unsaturated/α-hetero) is 1. The van der Waals surface area contributed by atoms with Gasteiger partial charge in [-0.25, -0.2) is 0 Å². The Morgan fingerprint density at radius 3 is 2.76 bits per heavy atom. The maximum absolute atomic E-state index is 11.6. The molecule has 0 aliphatic heterocycles. The van der Waals surface area contributed by atoms with Gasteiger partial charge >= 0.3 is 0 Å². The van der Waals surface area contributed by atoms with Crippen LogP contribution in [0.1, 0.15) is 25.7 Å². The molecule has 0 saturated carbocycles. The van der Waals surface area contributed by atoms with E-state index in [9.17, 15) is 4.79 Å². The molecule has 0 aliphatic rings. The van der Waals surface area contributed by atoms with E-state index in [1.54, 1.807) is 0 Å². The lowest BCUT2D eigenvalue weighted by atomic mass is 10.1. The summed E-state index contributed by atoms with van der Waals surface area (Å²) in [6, 6.07) is 14.1. The molecule has 0 atom stereocenters. The predicted octanol–water partition coefficient (Wildman–Crippen LogP) is 3.80. The van der Waals surface area contributed by atoms with E-state index in [0.29, 0.717) is 18.1 Å². The number of carbonyl (C=O) groups is 1. The monoisotopic (exact) mass is 280 g/mol. The molecule has 0 fully saturated rings. The van der Waals surface area contributed by atoms with Crippen LogP contribution < -0.4 is 0 Å². The SMILES string of the molecule is CCCC(=O)Cc1nc(-c2ccc3ccccc3c2)no1. The number of hydrogen-bond donors (Lipinski definition) is 0. The molecule has 0 unspecified atom stereocenters. The Kier molecular flexibility index (Phi) is 3.77. The van der Waals surface area contributed by atoms with E-state index in [0.717, 1.165) is 17.4 Å². The minimum Gasteiger partial charge on any atom is -0.339 e. The van der Waals surface area contributed by atoms with Gasteiger partial charge in [0.2, 0.25) is 11.7 Å². The molecule has 0 saturated heterocycles. The van der Waals surface area contributed by atoms with E-state index in [1.807, 2.05) is 43.3 Å². The molecule has 0 bridgehead atoms. The van der Waals surface area contributed by atoms with Crippen LogP contribution in [0.3, 0.4) is 0 Å². The highest BCUT2D eigenvalue weighted by Gasteiger charge is 2.12. The molecule has 1 aromatic heterocycles. The first-order valence-electron chi connectivity index (χ1n) is 7.09. The van der Waals surface area contributed by atoms with Gasteiger partial charge in [0.1, 0.15) is 5.78 Å². The minimum absolute atomic E-state index is 0.131. The first-order chi connectivity index (χ1) is 10.3. The van der Waals surface area contributed by atoms with Crippen LogP contribution in [-0.2, 0) is 11.2 Å². The van der Waals surface area contributed by atoms with Crippen LogP contribution in [-0.4, -0.2) is 15.9 Å². The molecule has 21 heavy (non-hydrogen) atoms. The lowest BCUT2D eigenvalue weighted by molar-refractivity contribution is -0.118. The third kappa shape index (κ3) is 2.99. The van der Waals surface area contributed by atoms with Crippen LogP contribution in [0.4, 0.5) is 0 Å². The van der Waals surface area contributed by atoms with Crippen molar-refractivity contribution in [3.8, 4) is 11.4 Å². The average Bonchev–Trinajstić information content (AvgIpc) is 2.95. The lowest BCUT2D eigenvalue weighted by Crippen LogP contribution is -2.01. The molecule has 106 valence electrons. The van der Waals surface area contributed by atoms with Gasteiger partial charge in [0.25, 0.3) is 0 Å². The van der Waals surface area contributed by atoms with Crippen molar-refractivity contribution in [1.82, 2.24) is 10.1 Å². The number of fused-ring (bicyclic) bond motifs is 1. The Bertz CT molecular complexity index is 777. The molecule has 0 radical (unpaired) electrons. The Labute approximate surface area is 122 Å². The van der Waals surface area contributed by atoms with E-state index < -0.39 is 0 Å². The molecule has 4 heteroatoms. The van der Waals surface area contributed by atoms with Gasteiger partial charge in [0.05, 0.1) is 6.42 Å². The number of carbonyl (C=O) groups excluding carboxylic acids is 1. The first-order valence-corrected chi connectivity index (χ1v) is 7.09. The van der Waals surface area contributed by atoms with Gasteiger partial charge in [-0.3, -0.25) is 4.79 Å². The van der Waals surface area contributed by atoms with E-state index in [4.69, 9.17) is 4.52 Å². The summed E-state index contributed by atoms with van der Waals surface area (Å²) in [5.41, 5.74) is 0.895. The maximum Gasteiger partial charge on any atom is 0.234 e. The van der Waals surface area contributed by atoms with Crippen LogP contribution in [0.5, 0.6) is 0 Å². The van der Waals surface area contributed by atoms with Crippen LogP contribution in [0, 0.1) is 0 Å². The third-order valence-electron chi connectivity index (χ3n) is 3.35. The van der Waals surface area contributed by atoms with Crippen molar-refractivity contribution < 1.29 is 9.32 Å². The topological polar surface area (TPSA) is 56.0 Å². The lowest BCUT2D eigenvalue weighted by Gasteiger charge is -1.99. The molecule has 0 amide bonds. The molecule has 3 rings (SSSR count). The second-order valence-corrected chi connectivity index (χ2v) is 5.04. The standard InChI is InChI=1S/C17H16N2O2/c1-2-5-15(20)11-16-18-17(19-21-16)14-9-8-12-6-3-4-7-13(12)10-14/h3-4,6-10H,2,5,11H2,1H3. The van der Waals surface area contributed by atoms with Crippen LogP contribution in [0.2, 0.25) is 0 Å². The van der Waals surface area contributed by atoms with E-state index in [2.05, 4.69) is 16.2 Å². The summed E-state index contributed by atoms with van der Waals surface area (Å²) < 4.78 is 5.17. The summed E-state index contributed by atoms with van der Waals surface area (Å²) in [7, 11) is 0. The molecular formula is C17H16N2O2. The molecular weight excluding hydrogens is 264 g/mol. The number of ketones is 1. The third-order valence-corrected chi connectivity index (χ3v) is 3.35. The Morgan fingerprint density at radius 2 is 1.95 bits per heavy atom. The normalized spacial score (nSPS) is 10.9. The number of nitrogens with zero attached hydrogens (tertiary/aromatic N) is 2. The maximum atomic E-state index is 11.6. The van der Waals surface area contributed by atoms with Gasteiger partial charge in [-0.2, -0.15) is 4.98 Å². The Morgan fingerprint density at radius 1 is 1.14 bits per heavy atom. The zero-order chi connectivity index (χ0) is 14.7. The fourth-order valence-electron chi connectivity index (χ4n) is 2.31. The number of hydrogen-bond acceptors (Lipinski definition) is 4. The zero-order valence-corrected chi connectivity index (χ0v) is 11.9. The fourth-order valence-corrected chi connectivity index (χ4v) is 2.31. The summed E-state index contributed by atoms with van der Waals surface area (Å²) in [5, 5.41) is 6.27.